The van der Waals surface area contributed by atoms with Gasteiger partial charge in [-0.3, -0.25) is 0 Å². The summed E-state index contributed by atoms with van der Waals surface area (Å²) in [5.74, 6) is -3.54. The van der Waals surface area contributed by atoms with Crippen LogP contribution in [0.4, 0.5) is 0 Å². The average Bonchev–Trinajstić information content (AvgIpc) is 2.68. The van der Waals surface area contributed by atoms with E-state index in [4.69, 9.17) is 30.9 Å². The van der Waals surface area contributed by atoms with Crippen LogP contribution in [0.3, 0.4) is 0 Å². The van der Waals surface area contributed by atoms with E-state index in [-0.39, 0.29) is 0 Å². The number of hydrogen-bond donors (Lipinski definition) is 4. The maximum absolute atomic E-state index is 9.77. The number of nitriles is 2. The van der Waals surface area contributed by atoms with Gasteiger partial charge in [0.2, 0.25) is 0 Å². The van der Waals surface area contributed by atoms with E-state index in [1.54, 1.807) is 24.3 Å². The summed E-state index contributed by atoms with van der Waals surface area (Å²) in [5.41, 5.74) is 1.43. The van der Waals surface area contributed by atoms with Crippen molar-refractivity contribution in [3.8, 4) is 12.1 Å². The number of carbonyl (C=O) groups is 2. The lowest BCUT2D eigenvalue weighted by molar-refractivity contribution is -0.165. The van der Waals surface area contributed by atoms with Crippen LogP contribution in [0, 0.1) is 22.7 Å². The molecule has 0 saturated heterocycles. The van der Waals surface area contributed by atoms with Gasteiger partial charge in [-0.1, -0.05) is 36.4 Å². The molecule has 0 saturated carbocycles. The summed E-state index contributed by atoms with van der Waals surface area (Å²) >= 11 is 0. The number of aliphatic hydroxyl groups excluding tert-OH is 2. The highest BCUT2D eigenvalue weighted by atomic mass is 16.4. The molecule has 2 rings (SSSR count). The summed E-state index contributed by atoms with van der Waals surface area (Å²) in [5, 5.41) is 49.1. The van der Waals surface area contributed by atoms with Gasteiger partial charge in [0.1, 0.15) is 0 Å². The van der Waals surface area contributed by atoms with E-state index in [0.717, 1.165) is 0 Å². The van der Waals surface area contributed by atoms with Crippen molar-refractivity contribution in [1.29, 1.82) is 10.5 Å². The second-order valence-corrected chi connectivity index (χ2v) is 4.52. The molecular weight excluding hydrogens is 340 g/mol. The molecular formula is C18H16N2O6. The molecule has 0 aliphatic heterocycles. The zero-order valence-electron chi connectivity index (χ0n) is 13.4. The van der Waals surface area contributed by atoms with Gasteiger partial charge >= 0.3 is 11.9 Å². The van der Waals surface area contributed by atoms with E-state index in [0.29, 0.717) is 11.1 Å². The second kappa shape index (κ2) is 12.7. The number of nitrogens with zero attached hydrogens (tertiary/aromatic N) is 2. The Morgan fingerprint density at radius 1 is 0.692 bits per heavy atom. The van der Waals surface area contributed by atoms with Crippen molar-refractivity contribution >= 4 is 11.9 Å². The van der Waals surface area contributed by atoms with Gasteiger partial charge in [0.15, 0.2) is 12.2 Å². The summed E-state index contributed by atoms with van der Waals surface area (Å²) in [4.78, 5) is 19.5. The Morgan fingerprint density at radius 2 is 0.962 bits per heavy atom. The van der Waals surface area contributed by atoms with Crippen LogP contribution in [0.5, 0.6) is 0 Å². The molecule has 0 spiro atoms. The molecule has 0 aliphatic rings. The van der Waals surface area contributed by atoms with Crippen LogP contribution in [0.25, 0.3) is 0 Å². The third kappa shape index (κ3) is 9.43. The van der Waals surface area contributed by atoms with E-state index >= 15 is 0 Å². The number of rotatable bonds is 3. The number of aliphatic hydroxyl groups is 2. The molecule has 0 aliphatic carbocycles. The van der Waals surface area contributed by atoms with Gasteiger partial charge in [-0.05, 0) is 24.3 Å². The van der Waals surface area contributed by atoms with Crippen molar-refractivity contribution in [3.63, 3.8) is 0 Å². The highest BCUT2D eigenvalue weighted by Gasteiger charge is 2.29. The summed E-state index contributed by atoms with van der Waals surface area (Å²) in [6.45, 7) is 0. The van der Waals surface area contributed by atoms with Crippen molar-refractivity contribution in [1.82, 2.24) is 0 Å². The molecule has 0 heterocycles. The smallest absolute Gasteiger partial charge is 0.335 e. The van der Waals surface area contributed by atoms with Crippen molar-refractivity contribution in [3.05, 3.63) is 71.8 Å². The molecule has 4 N–H and O–H groups in total. The lowest BCUT2D eigenvalue weighted by Crippen LogP contribution is -2.39. The van der Waals surface area contributed by atoms with Crippen molar-refractivity contribution in [2.75, 3.05) is 0 Å². The van der Waals surface area contributed by atoms with Crippen LogP contribution in [0.1, 0.15) is 11.1 Å². The van der Waals surface area contributed by atoms with Crippen molar-refractivity contribution in [2.45, 2.75) is 12.2 Å². The first kappa shape index (κ1) is 22.3. The second-order valence-electron chi connectivity index (χ2n) is 4.52. The molecule has 134 valence electrons. The fraction of sp³-hybridized carbons (Fsp3) is 0.111. The largest absolute Gasteiger partial charge is 0.479 e. The Bertz CT molecular complexity index is 698. The molecule has 8 nitrogen and oxygen atoms in total. The van der Waals surface area contributed by atoms with Crippen LogP contribution in [0.15, 0.2) is 60.7 Å². The van der Waals surface area contributed by atoms with Crippen LogP contribution in [-0.2, 0) is 9.59 Å². The minimum absolute atomic E-state index is 0.715. The van der Waals surface area contributed by atoms with E-state index < -0.39 is 24.1 Å². The standard InChI is InChI=1S/2C7H5N.C4H6O6/c2*8-6-7-4-2-1-3-5-7;5-1(3(7)8)2(6)4(9)10/h2*1-5H;1-2,5-6H,(H,7,8)(H,9,10). The van der Waals surface area contributed by atoms with Crippen LogP contribution in [-0.4, -0.2) is 44.6 Å². The Morgan fingerprint density at radius 3 is 1.12 bits per heavy atom. The number of aliphatic carboxylic acids is 2. The van der Waals surface area contributed by atoms with E-state index in [9.17, 15) is 9.59 Å². The third-order valence-corrected chi connectivity index (χ3v) is 2.61. The monoisotopic (exact) mass is 356 g/mol. The van der Waals surface area contributed by atoms with E-state index in [2.05, 4.69) is 0 Å². The molecule has 8 heteroatoms. The molecule has 0 bridgehead atoms. The van der Waals surface area contributed by atoms with Gasteiger partial charge in [0, 0.05) is 0 Å². The lowest BCUT2D eigenvalue weighted by Gasteiger charge is -2.07. The maximum atomic E-state index is 9.77. The van der Waals surface area contributed by atoms with Gasteiger partial charge in [-0.15, -0.1) is 0 Å². The number of benzene rings is 2. The van der Waals surface area contributed by atoms with Crippen LogP contribution < -0.4 is 0 Å². The molecule has 0 radical (unpaired) electrons. The highest BCUT2D eigenvalue weighted by Crippen LogP contribution is 1.94. The first-order valence-electron chi connectivity index (χ1n) is 7.05. The minimum atomic E-state index is -2.27. The van der Waals surface area contributed by atoms with Crippen molar-refractivity contribution < 1.29 is 30.0 Å². The summed E-state index contributed by atoms with van der Waals surface area (Å²) in [7, 11) is 0. The van der Waals surface area contributed by atoms with Crippen LogP contribution in [0.2, 0.25) is 0 Å². The number of carboxylic acids is 2. The van der Waals surface area contributed by atoms with E-state index in [1.807, 2.05) is 48.5 Å². The van der Waals surface area contributed by atoms with Gasteiger partial charge < -0.3 is 20.4 Å². The topological polar surface area (TPSA) is 163 Å². The molecule has 0 aromatic heterocycles. The Kier molecular flexibility index (Phi) is 10.9. The zero-order valence-corrected chi connectivity index (χ0v) is 13.4. The molecule has 0 amide bonds. The fourth-order valence-corrected chi connectivity index (χ4v) is 1.30. The molecule has 0 fully saturated rings. The molecule has 26 heavy (non-hydrogen) atoms. The fourth-order valence-electron chi connectivity index (χ4n) is 1.30. The lowest BCUT2D eigenvalue weighted by atomic mass is 10.2. The normalized spacial score (nSPS) is 10.9. The van der Waals surface area contributed by atoms with Gasteiger partial charge in [0.25, 0.3) is 0 Å². The average molecular weight is 356 g/mol. The predicted octanol–water partition coefficient (Wildman–Crippen LogP) is 0.994. The Labute approximate surface area is 149 Å². The zero-order chi connectivity index (χ0) is 19.9. The summed E-state index contributed by atoms with van der Waals surface area (Å²) in [6, 6.07) is 22.3. The van der Waals surface area contributed by atoms with Gasteiger partial charge in [-0.25, -0.2) is 9.59 Å². The first-order valence-corrected chi connectivity index (χ1v) is 7.05. The van der Waals surface area contributed by atoms with Gasteiger partial charge in [0.05, 0.1) is 23.3 Å². The Balaban J connectivity index is 0.000000363. The number of carboxylic acid groups (broad SMARTS) is 2. The molecule has 2 atom stereocenters. The maximum Gasteiger partial charge on any atom is 0.335 e. The van der Waals surface area contributed by atoms with Crippen molar-refractivity contribution in [2.24, 2.45) is 0 Å². The molecule has 2 aromatic rings. The molecule has 2 aromatic carbocycles. The molecule has 2 unspecified atom stereocenters. The highest BCUT2D eigenvalue weighted by molar-refractivity contribution is 5.83. The number of hydrogen-bond acceptors (Lipinski definition) is 6. The first-order chi connectivity index (χ1) is 12.3. The van der Waals surface area contributed by atoms with Crippen LogP contribution >= 0.6 is 0 Å². The minimum Gasteiger partial charge on any atom is -0.479 e. The predicted molar refractivity (Wildman–Crippen MR) is 89.6 cm³/mol. The SMILES string of the molecule is N#Cc1ccccc1.N#Cc1ccccc1.O=C(O)C(O)C(O)C(=O)O. The van der Waals surface area contributed by atoms with Gasteiger partial charge in [-0.2, -0.15) is 10.5 Å². The third-order valence-electron chi connectivity index (χ3n) is 2.61. The Hall–Kier alpha value is -3.72. The summed E-state index contributed by atoms with van der Waals surface area (Å²) < 4.78 is 0. The quantitative estimate of drug-likeness (QED) is 0.632. The summed E-state index contributed by atoms with van der Waals surface area (Å²) in [6.07, 6.45) is -4.53. The van der Waals surface area contributed by atoms with E-state index in [1.165, 1.54) is 0 Å².